The number of aliphatic hydroxyl groups excluding tert-OH is 1. The van der Waals surface area contributed by atoms with Gasteiger partial charge < -0.3 is 10.0 Å². The quantitative estimate of drug-likeness (QED) is 0.939. The molecule has 0 radical (unpaired) electrons. The Hall–Kier alpha value is -2.45. The molecule has 0 amide bonds. The third-order valence-corrected chi connectivity index (χ3v) is 4.66. The highest BCUT2D eigenvalue weighted by molar-refractivity contribution is 5.42. The summed E-state index contributed by atoms with van der Waals surface area (Å²) in [6.07, 6.45) is 2.55. The zero-order valence-corrected chi connectivity index (χ0v) is 13.5. The lowest BCUT2D eigenvalue weighted by Crippen LogP contribution is -2.47. The van der Waals surface area contributed by atoms with Crippen molar-refractivity contribution in [2.45, 2.75) is 19.3 Å². The van der Waals surface area contributed by atoms with Crippen molar-refractivity contribution < 1.29 is 9.50 Å². The average molecular weight is 325 g/mol. The number of hydrogen-bond donors (Lipinski definition) is 1. The van der Waals surface area contributed by atoms with Gasteiger partial charge in [-0.2, -0.15) is 5.26 Å². The number of aliphatic hydroxyl groups is 1. The maximum Gasteiger partial charge on any atom is 0.142 e. The monoisotopic (exact) mass is 325 g/mol. The first-order valence-electron chi connectivity index (χ1n) is 8.12. The largest absolute Gasteiger partial charge is 0.396 e. The van der Waals surface area contributed by atoms with Crippen LogP contribution in [0.25, 0.3) is 0 Å². The van der Waals surface area contributed by atoms with Crippen LogP contribution in [0.15, 0.2) is 42.5 Å². The molecule has 1 atom stereocenters. The molecule has 0 aliphatic carbocycles. The predicted molar refractivity (Wildman–Crippen MR) is 90.0 cm³/mol. The fourth-order valence-corrected chi connectivity index (χ4v) is 3.43. The maximum atomic E-state index is 13.1. The first-order chi connectivity index (χ1) is 11.6. The molecule has 3 rings (SSSR count). The lowest BCUT2D eigenvalue weighted by molar-refractivity contribution is 0.105. The van der Waals surface area contributed by atoms with Crippen molar-refractivity contribution in [3.8, 4) is 6.07 Å². The zero-order chi connectivity index (χ0) is 17.0. The van der Waals surface area contributed by atoms with E-state index < -0.39 is 0 Å². The molecule has 0 unspecified atom stereocenters. The van der Waals surface area contributed by atoms with E-state index in [9.17, 15) is 9.50 Å². The van der Waals surface area contributed by atoms with Gasteiger partial charge in [-0.3, -0.25) is 0 Å². The second-order valence-electron chi connectivity index (χ2n) is 6.48. The van der Waals surface area contributed by atoms with Gasteiger partial charge in [0.05, 0.1) is 6.61 Å². The van der Waals surface area contributed by atoms with E-state index in [0.717, 1.165) is 30.8 Å². The summed E-state index contributed by atoms with van der Waals surface area (Å²) in [6.45, 7) is 1.59. The highest BCUT2D eigenvalue weighted by Gasteiger charge is 2.35. The van der Waals surface area contributed by atoms with Gasteiger partial charge in [-0.05, 0) is 49.1 Å². The Balaban J connectivity index is 1.81. The number of anilines is 1. The van der Waals surface area contributed by atoms with E-state index in [1.807, 2.05) is 12.1 Å². The van der Waals surface area contributed by atoms with Crippen molar-refractivity contribution in [3.63, 3.8) is 0 Å². The molecule has 1 aromatic heterocycles. The second kappa shape index (κ2) is 6.98. The molecule has 0 bridgehead atoms. The molecule has 1 saturated heterocycles. The van der Waals surface area contributed by atoms with Crippen molar-refractivity contribution in [2.24, 2.45) is 5.41 Å². The normalized spacial score (nSPS) is 20.6. The molecule has 2 aromatic rings. The summed E-state index contributed by atoms with van der Waals surface area (Å²) in [7, 11) is 0. The third kappa shape index (κ3) is 3.55. The Labute approximate surface area is 141 Å². The Morgan fingerprint density at radius 3 is 2.75 bits per heavy atom. The number of nitriles is 1. The molecule has 1 aliphatic heterocycles. The van der Waals surface area contributed by atoms with Crippen LogP contribution < -0.4 is 4.90 Å². The Bertz CT molecular complexity index is 741. The number of piperidine rings is 1. The third-order valence-electron chi connectivity index (χ3n) is 4.66. The van der Waals surface area contributed by atoms with Crippen LogP contribution in [-0.4, -0.2) is 29.8 Å². The standard InChI is InChI=1S/C19H20FN3O/c20-16-7-5-15(6-8-16)11-19(14-24)9-2-10-23(13-19)18-4-1-3-17(12-21)22-18/h1,3-8,24H,2,9-11,13-14H2/t19-/m1/s1. The molecule has 1 aliphatic rings. The van der Waals surface area contributed by atoms with E-state index in [0.29, 0.717) is 18.7 Å². The van der Waals surface area contributed by atoms with Crippen LogP contribution in [0.1, 0.15) is 24.1 Å². The average Bonchev–Trinajstić information content (AvgIpc) is 2.64. The summed E-state index contributed by atoms with van der Waals surface area (Å²) in [5.41, 5.74) is 1.14. The van der Waals surface area contributed by atoms with Crippen LogP contribution in [-0.2, 0) is 6.42 Å². The van der Waals surface area contributed by atoms with Crippen LogP contribution >= 0.6 is 0 Å². The van der Waals surface area contributed by atoms with Gasteiger partial charge in [-0.1, -0.05) is 18.2 Å². The van der Waals surface area contributed by atoms with Gasteiger partial charge in [0.15, 0.2) is 0 Å². The Morgan fingerprint density at radius 1 is 1.25 bits per heavy atom. The predicted octanol–water partition coefficient (Wildman–Crippen LogP) is 2.91. The van der Waals surface area contributed by atoms with Crippen LogP contribution in [0.2, 0.25) is 0 Å². The lowest BCUT2D eigenvalue weighted by atomic mass is 9.75. The highest BCUT2D eigenvalue weighted by atomic mass is 19.1. The van der Waals surface area contributed by atoms with Crippen molar-refractivity contribution in [1.29, 1.82) is 5.26 Å². The molecule has 4 nitrogen and oxygen atoms in total. The minimum atomic E-state index is -0.277. The molecule has 1 fully saturated rings. The minimum absolute atomic E-state index is 0.0683. The Kier molecular flexibility index (Phi) is 4.77. The summed E-state index contributed by atoms with van der Waals surface area (Å²) in [6, 6.07) is 13.9. The van der Waals surface area contributed by atoms with Gasteiger partial charge in [-0.25, -0.2) is 9.37 Å². The molecule has 0 spiro atoms. The zero-order valence-electron chi connectivity index (χ0n) is 13.5. The minimum Gasteiger partial charge on any atom is -0.396 e. The van der Waals surface area contributed by atoms with E-state index in [-0.39, 0.29) is 17.8 Å². The van der Waals surface area contributed by atoms with Gasteiger partial charge in [0, 0.05) is 18.5 Å². The van der Waals surface area contributed by atoms with Gasteiger partial charge in [-0.15, -0.1) is 0 Å². The molecule has 0 saturated carbocycles. The molecular formula is C19H20FN3O. The molecule has 24 heavy (non-hydrogen) atoms. The number of aromatic nitrogens is 1. The van der Waals surface area contributed by atoms with Crippen LogP contribution in [0.5, 0.6) is 0 Å². The number of benzene rings is 1. The second-order valence-corrected chi connectivity index (χ2v) is 6.48. The number of halogens is 1. The first kappa shape index (κ1) is 16.4. The van der Waals surface area contributed by atoms with Crippen molar-refractivity contribution in [1.82, 2.24) is 4.98 Å². The summed E-state index contributed by atoms with van der Waals surface area (Å²) >= 11 is 0. The van der Waals surface area contributed by atoms with E-state index >= 15 is 0 Å². The topological polar surface area (TPSA) is 60.2 Å². The number of hydrogen-bond acceptors (Lipinski definition) is 4. The van der Waals surface area contributed by atoms with Crippen LogP contribution in [0.4, 0.5) is 10.2 Å². The lowest BCUT2D eigenvalue weighted by Gasteiger charge is -2.42. The van der Waals surface area contributed by atoms with E-state index in [4.69, 9.17) is 5.26 Å². The fraction of sp³-hybridized carbons (Fsp3) is 0.368. The summed E-state index contributed by atoms with van der Waals surface area (Å²) in [5.74, 6) is 0.519. The van der Waals surface area contributed by atoms with Crippen LogP contribution in [0, 0.1) is 22.6 Å². The number of pyridine rings is 1. The van der Waals surface area contributed by atoms with Crippen LogP contribution in [0.3, 0.4) is 0 Å². The number of nitrogens with zero attached hydrogens (tertiary/aromatic N) is 3. The van der Waals surface area contributed by atoms with E-state index in [2.05, 4.69) is 16.0 Å². The first-order valence-corrected chi connectivity index (χ1v) is 8.12. The van der Waals surface area contributed by atoms with Gasteiger partial charge in [0.1, 0.15) is 23.4 Å². The summed E-state index contributed by atoms with van der Waals surface area (Å²) in [4.78, 5) is 6.50. The van der Waals surface area contributed by atoms with E-state index in [1.54, 1.807) is 18.2 Å². The van der Waals surface area contributed by atoms with Crippen molar-refractivity contribution in [2.75, 3.05) is 24.6 Å². The van der Waals surface area contributed by atoms with E-state index in [1.165, 1.54) is 12.1 Å². The highest BCUT2D eigenvalue weighted by Crippen LogP contribution is 2.35. The van der Waals surface area contributed by atoms with Gasteiger partial charge in [0.25, 0.3) is 0 Å². The SMILES string of the molecule is N#Cc1cccc(N2CCC[C@@](CO)(Cc3ccc(F)cc3)C2)n1. The summed E-state index contributed by atoms with van der Waals surface area (Å²) < 4.78 is 13.1. The smallest absolute Gasteiger partial charge is 0.142 e. The molecule has 124 valence electrons. The summed E-state index contributed by atoms with van der Waals surface area (Å²) in [5, 5.41) is 19.1. The van der Waals surface area contributed by atoms with Crippen molar-refractivity contribution in [3.05, 3.63) is 59.5 Å². The number of rotatable bonds is 4. The van der Waals surface area contributed by atoms with Gasteiger partial charge >= 0.3 is 0 Å². The molecule has 5 heteroatoms. The molecule has 1 aromatic carbocycles. The fourth-order valence-electron chi connectivity index (χ4n) is 3.43. The van der Waals surface area contributed by atoms with Gasteiger partial charge in [0.2, 0.25) is 0 Å². The molecular weight excluding hydrogens is 305 g/mol. The molecule has 1 N–H and O–H groups in total. The Morgan fingerprint density at radius 2 is 2.04 bits per heavy atom. The molecule has 2 heterocycles. The maximum absolute atomic E-state index is 13.1. The van der Waals surface area contributed by atoms with Crippen molar-refractivity contribution >= 4 is 5.82 Å².